The minimum atomic E-state index is -2.56. The first kappa shape index (κ1) is 17.3. The zero-order valence-electron chi connectivity index (χ0n) is 13.9. The Morgan fingerprint density at radius 2 is 2.00 bits per heavy atom. The second kappa shape index (κ2) is 7.60. The van der Waals surface area contributed by atoms with E-state index in [1.807, 2.05) is 24.0 Å². The van der Waals surface area contributed by atoms with E-state index >= 15 is 0 Å². The van der Waals surface area contributed by atoms with E-state index in [2.05, 4.69) is 9.97 Å². The van der Waals surface area contributed by atoms with Crippen LogP contribution >= 0.6 is 0 Å². The molecule has 0 spiro atoms. The fourth-order valence-electron chi connectivity index (χ4n) is 2.71. The molecule has 1 saturated heterocycles. The number of nitrogen functional groups attached to an aromatic ring is 1. The number of alkyl halides is 2. The number of nitrogens with two attached hydrogens (primary N) is 1. The summed E-state index contributed by atoms with van der Waals surface area (Å²) >= 11 is 0. The number of anilines is 2. The van der Waals surface area contributed by atoms with E-state index in [0.29, 0.717) is 37.7 Å². The Kier molecular flexibility index (Phi) is 5.28. The summed E-state index contributed by atoms with van der Waals surface area (Å²) < 4.78 is 35.6. The zero-order chi connectivity index (χ0) is 17.8. The molecule has 1 fully saturated rings. The average molecular weight is 350 g/mol. The molecular weight excluding hydrogens is 330 g/mol. The second-order valence-electron chi connectivity index (χ2n) is 5.75. The summed E-state index contributed by atoms with van der Waals surface area (Å²) in [7, 11) is 0. The van der Waals surface area contributed by atoms with E-state index in [0.717, 1.165) is 16.8 Å². The van der Waals surface area contributed by atoms with E-state index in [1.54, 1.807) is 12.4 Å². The van der Waals surface area contributed by atoms with E-state index in [9.17, 15) is 8.78 Å². The SMILES string of the molecule is Cc1ncc(N)cc1-c1cnc(OCC(F)F)c(N2CCOCC2)c1. The van der Waals surface area contributed by atoms with Crippen molar-refractivity contribution in [2.45, 2.75) is 13.3 Å². The van der Waals surface area contributed by atoms with Gasteiger partial charge in [0.25, 0.3) is 6.43 Å². The minimum absolute atomic E-state index is 0.195. The predicted molar refractivity (Wildman–Crippen MR) is 91.1 cm³/mol. The smallest absolute Gasteiger partial charge is 0.272 e. The maximum atomic E-state index is 12.5. The summed E-state index contributed by atoms with van der Waals surface area (Å²) in [6.07, 6.45) is 0.628. The lowest BCUT2D eigenvalue weighted by molar-refractivity contribution is 0.0793. The second-order valence-corrected chi connectivity index (χ2v) is 5.75. The highest BCUT2D eigenvalue weighted by Gasteiger charge is 2.19. The molecule has 2 aromatic rings. The van der Waals surface area contributed by atoms with Crippen molar-refractivity contribution >= 4 is 11.4 Å². The Morgan fingerprint density at radius 1 is 1.24 bits per heavy atom. The van der Waals surface area contributed by atoms with E-state index < -0.39 is 13.0 Å². The van der Waals surface area contributed by atoms with Crippen molar-refractivity contribution in [2.75, 3.05) is 43.5 Å². The van der Waals surface area contributed by atoms with Crippen molar-refractivity contribution < 1.29 is 18.3 Å². The van der Waals surface area contributed by atoms with Gasteiger partial charge in [0, 0.05) is 36.1 Å². The van der Waals surface area contributed by atoms with Crippen molar-refractivity contribution in [3.63, 3.8) is 0 Å². The van der Waals surface area contributed by atoms with Crippen LogP contribution in [0.25, 0.3) is 11.1 Å². The lowest BCUT2D eigenvalue weighted by atomic mass is 10.1. The zero-order valence-corrected chi connectivity index (χ0v) is 13.9. The fourth-order valence-corrected chi connectivity index (χ4v) is 2.71. The molecule has 0 aromatic carbocycles. The molecular formula is C17H20F2N4O2. The van der Waals surface area contributed by atoms with Gasteiger partial charge in [0.05, 0.1) is 25.1 Å². The molecule has 8 heteroatoms. The minimum Gasteiger partial charge on any atom is -0.470 e. The van der Waals surface area contributed by atoms with Gasteiger partial charge in [-0.3, -0.25) is 4.98 Å². The van der Waals surface area contributed by atoms with Crippen molar-refractivity contribution in [2.24, 2.45) is 0 Å². The molecule has 0 aliphatic carbocycles. The van der Waals surface area contributed by atoms with Gasteiger partial charge in [-0.25, -0.2) is 13.8 Å². The fraction of sp³-hybridized carbons (Fsp3) is 0.412. The first-order valence-corrected chi connectivity index (χ1v) is 8.01. The summed E-state index contributed by atoms with van der Waals surface area (Å²) in [6, 6.07) is 3.70. The Morgan fingerprint density at radius 3 is 2.72 bits per heavy atom. The molecule has 0 amide bonds. The van der Waals surface area contributed by atoms with Crippen molar-refractivity contribution in [1.82, 2.24) is 9.97 Å². The molecule has 1 aliphatic rings. The quantitative estimate of drug-likeness (QED) is 0.893. The molecule has 25 heavy (non-hydrogen) atoms. The Labute approximate surface area is 144 Å². The third-order valence-electron chi connectivity index (χ3n) is 3.95. The summed E-state index contributed by atoms with van der Waals surface area (Å²) in [5, 5.41) is 0. The molecule has 0 unspecified atom stereocenters. The van der Waals surface area contributed by atoms with Crippen LogP contribution in [-0.4, -0.2) is 49.3 Å². The van der Waals surface area contributed by atoms with Gasteiger partial charge in [-0.05, 0) is 19.1 Å². The number of ether oxygens (including phenoxy) is 2. The van der Waals surface area contributed by atoms with Crippen LogP contribution < -0.4 is 15.4 Å². The van der Waals surface area contributed by atoms with Gasteiger partial charge in [0.1, 0.15) is 5.69 Å². The van der Waals surface area contributed by atoms with E-state index in [-0.39, 0.29) is 5.88 Å². The molecule has 0 bridgehead atoms. The highest BCUT2D eigenvalue weighted by molar-refractivity contribution is 5.73. The Balaban J connectivity index is 1.99. The normalized spacial score (nSPS) is 14.8. The molecule has 2 aromatic heterocycles. The number of hydrogen-bond acceptors (Lipinski definition) is 6. The first-order valence-electron chi connectivity index (χ1n) is 8.01. The number of morpholine rings is 1. The number of halogens is 2. The molecule has 134 valence electrons. The van der Waals surface area contributed by atoms with Gasteiger partial charge in [-0.1, -0.05) is 0 Å². The lowest BCUT2D eigenvalue weighted by Crippen LogP contribution is -2.36. The lowest BCUT2D eigenvalue weighted by Gasteiger charge is -2.30. The highest BCUT2D eigenvalue weighted by Crippen LogP contribution is 2.33. The van der Waals surface area contributed by atoms with Crippen molar-refractivity contribution in [1.29, 1.82) is 0 Å². The molecule has 0 atom stereocenters. The van der Waals surface area contributed by atoms with Gasteiger partial charge in [-0.15, -0.1) is 0 Å². The summed E-state index contributed by atoms with van der Waals surface area (Å²) in [5.41, 5.74) is 9.52. The first-order chi connectivity index (χ1) is 12.0. The highest BCUT2D eigenvalue weighted by atomic mass is 19.3. The maximum Gasteiger partial charge on any atom is 0.272 e. The van der Waals surface area contributed by atoms with Crippen LogP contribution in [0.5, 0.6) is 5.88 Å². The summed E-state index contributed by atoms with van der Waals surface area (Å²) in [4.78, 5) is 10.6. The number of nitrogens with zero attached hydrogens (tertiary/aromatic N) is 3. The maximum absolute atomic E-state index is 12.5. The monoisotopic (exact) mass is 350 g/mol. The third-order valence-corrected chi connectivity index (χ3v) is 3.95. The van der Waals surface area contributed by atoms with Gasteiger partial charge in [0.15, 0.2) is 6.61 Å². The molecule has 3 heterocycles. The summed E-state index contributed by atoms with van der Waals surface area (Å²) in [5.74, 6) is 0.195. The molecule has 3 rings (SSSR count). The molecule has 1 aliphatic heterocycles. The predicted octanol–water partition coefficient (Wildman–Crippen LogP) is 2.51. The van der Waals surface area contributed by atoms with Crippen LogP contribution in [-0.2, 0) is 4.74 Å². The van der Waals surface area contributed by atoms with Crippen LogP contribution in [0.1, 0.15) is 5.69 Å². The molecule has 0 saturated carbocycles. The van der Waals surface area contributed by atoms with Crippen LogP contribution in [0.4, 0.5) is 20.2 Å². The van der Waals surface area contributed by atoms with Gasteiger partial charge < -0.3 is 20.1 Å². The van der Waals surface area contributed by atoms with E-state index in [4.69, 9.17) is 15.2 Å². The number of aryl methyl sites for hydroxylation is 1. The largest absolute Gasteiger partial charge is 0.470 e. The number of aromatic nitrogens is 2. The number of pyridine rings is 2. The standard InChI is InChI=1S/C17H20F2N4O2/c1-11-14(7-13(20)9-21-11)12-6-15(23-2-4-24-5-3-23)17(22-8-12)25-10-16(18)19/h6-9,16H,2-5,10,20H2,1H3. The van der Waals surface area contributed by atoms with Crippen LogP contribution in [0.3, 0.4) is 0 Å². The molecule has 6 nitrogen and oxygen atoms in total. The van der Waals surface area contributed by atoms with Crippen LogP contribution in [0.2, 0.25) is 0 Å². The van der Waals surface area contributed by atoms with Gasteiger partial charge in [0.2, 0.25) is 5.88 Å². The van der Waals surface area contributed by atoms with Crippen LogP contribution in [0.15, 0.2) is 24.5 Å². The number of hydrogen-bond donors (Lipinski definition) is 1. The van der Waals surface area contributed by atoms with Crippen molar-refractivity contribution in [3.05, 3.63) is 30.2 Å². The topological polar surface area (TPSA) is 73.5 Å². The average Bonchev–Trinajstić information content (AvgIpc) is 2.62. The number of rotatable bonds is 5. The molecule has 2 N–H and O–H groups in total. The third kappa shape index (κ3) is 4.14. The Hall–Kier alpha value is -2.48. The van der Waals surface area contributed by atoms with Gasteiger partial charge >= 0.3 is 0 Å². The van der Waals surface area contributed by atoms with E-state index in [1.165, 1.54) is 0 Å². The Bertz CT molecular complexity index is 737. The van der Waals surface area contributed by atoms with Crippen LogP contribution in [0, 0.1) is 6.92 Å². The summed E-state index contributed by atoms with van der Waals surface area (Å²) in [6.45, 7) is 3.61. The molecule has 0 radical (unpaired) electrons. The van der Waals surface area contributed by atoms with Crippen molar-refractivity contribution in [3.8, 4) is 17.0 Å². The van der Waals surface area contributed by atoms with Gasteiger partial charge in [-0.2, -0.15) is 0 Å².